The number of allylic oxidation sites excluding steroid dienone is 2. The van der Waals surface area contributed by atoms with Crippen LogP contribution in [-0.4, -0.2) is 39.8 Å². The number of hydrogen-bond donors (Lipinski definition) is 3. The number of halogens is 1. The summed E-state index contributed by atoms with van der Waals surface area (Å²) in [5.41, 5.74) is 4.19. The van der Waals surface area contributed by atoms with Crippen LogP contribution in [-0.2, 0) is 9.59 Å². The van der Waals surface area contributed by atoms with Crippen LogP contribution >= 0.6 is 11.6 Å². The lowest BCUT2D eigenvalue weighted by Gasteiger charge is -2.36. The first-order chi connectivity index (χ1) is 18.8. The van der Waals surface area contributed by atoms with Crippen LogP contribution in [0.1, 0.15) is 64.4 Å². The van der Waals surface area contributed by atoms with Gasteiger partial charge in [-0.3, -0.25) is 14.5 Å². The highest BCUT2D eigenvalue weighted by Crippen LogP contribution is 2.48. The number of fused-ring (bicyclic) bond motifs is 1. The van der Waals surface area contributed by atoms with Crippen molar-refractivity contribution in [3.05, 3.63) is 75.8 Å². The number of phenolic OH excluding ortho intramolecular Hbond substituents is 1. The van der Waals surface area contributed by atoms with Gasteiger partial charge in [0.15, 0.2) is 0 Å². The number of imide groups is 1. The van der Waals surface area contributed by atoms with Crippen molar-refractivity contribution < 1.29 is 24.9 Å². The predicted molar refractivity (Wildman–Crippen MR) is 154 cm³/mol. The van der Waals surface area contributed by atoms with Crippen LogP contribution < -0.4 is 4.90 Å². The van der Waals surface area contributed by atoms with Gasteiger partial charge in [0, 0.05) is 5.92 Å². The molecule has 39 heavy (non-hydrogen) atoms. The van der Waals surface area contributed by atoms with Crippen LogP contribution in [0.3, 0.4) is 0 Å². The van der Waals surface area contributed by atoms with Gasteiger partial charge in [0.1, 0.15) is 5.75 Å². The summed E-state index contributed by atoms with van der Waals surface area (Å²) in [6.45, 7) is 3.84. The van der Waals surface area contributed by atoms with Gasteiger partial charge in [0.25, 0.3) is 0 Å². The Morgan fingerprint density at radius 1 is 1.08 bits per heavy atom. The molecular formula is C32H38ClNO5. The van der Waals surface area contributed by atoms with Crippen LogP contribution in [0.4, 0.5) is 5.69 Å². The molecule has 1 saturated heterocycles. The minimum Gasteiger partial charge on any atom is -0.508 e. The molecule has 1 fully saturated rings. The summed E-state index contributed by atoms with van der Waals surface area (Å²) >= 11 is 6.33. The Bertz CT molecular complexity index is 1250. The molecule has 0 bridgehead atoms. The van der Waals surface area contributed by atoms with Gasteiger partial charge in [-0.15, -0.1) is 0 Å². The molecule has 0 aromatic heterocycles. The third-order valence-electron chi connectivity index (χ3n) is 7.96. The zero-order chi connectivity index (χ0) is 28.1. The summed E-state index contributed by atoms with van der Waals surface area (Å²) in [5, 5.41) is 32.2. The van der Waals surface area contributed by atoms with Crippen LogP contribution in [0.15, 0.2) is 65.3 Å². The van der Waals surface area contributed by atoms with Gasteiger partial charge in [0.05, 0.1) is 35.3 Å². The molecule has 208 valence electrons. The zero-order valence-electron chi connectivity index (χ0n) is 22.6. The minimum atomic E-state index is -0.839. The summed E-state index contributed by atoms with van der Waals surface area (Å²) < 4.78 is 0. The number of aliphatic hydroxyl groups excluding tert-OH is 2. The standard InChI is InChI=1S/C32H38ClNO5/c1-3-8-20(16-21-13-14-24(36)18-27(21)33)12-15-28(37)29-22(9-4-2)17-25-30(26(29)19-35)32(39)34(31(25)38)23-10-6-5-7-11-23/h5-7,10-11,13-14,16,18,25-26,28,30,35-37H,3-4,8-9,12,15,17,19H2,1-2H3/b20-16+/t25-,26+,28-,30-/m1/s1. The number of benzene rings is 2. The highest BCUT2D eigenvalue weighted by Gasteiger charge is 2.55. The molecular weight excluding hydrogens is 514 g/mol. The van der Waals surface area contributed by atoms with E-state index in [4.69, 9.17) is 11.6 Å². The number of carbonyl (C=O) groups is 2. The third-order valence-corrected chi connectivity index (χ3v) is 8.29. The van der Waals surface area contributed by atoms with Gasteiger partial charge >= 0.3 is 0 Å². The van der Waals surface area contributed by atoms with E-state index in [0.29, 0.717) is 36.4 Å². The minimum absolute atomic E-state index is 0.108. The number of rotatable bonds is 11. The lowest BCUT2D eigenvalue weighted by molar-refractivity contribution is -0.123. The fourth-order valence-electron chi connectivity index (χ4n) is 6.25. The molecule has 4 rings (SSSR count). The number of amides is 2. The zero-order valence-corrected chi connectivity index (χ0v) is 23.4. The quantitative estimate of drug-likeness (QED) is 0.225. The van der Waals surface area contributed by atoms with Crippen molar-refractivity contribution >= 4 is 35.2 Å². The lowest BCUT2D eigenvalue weighted by atomic mass is 9.67. The summed E-state index contributed by atoms with van der Waals surface area (Å²) in [5.74, 6) is -2.24. The van der Waals surface area contributed by atoms with Crippen molar-refractivity contribution in [1.29, 1.82) is 0 Å². The SMILES string of the molecule is CCCC1=C([C@H](O)CC/C(=C/c2ccc(O)cc2Cl)CCC)[C@H](CO)[C@@H]2C(=O)N(c3ccccc3)C(=O)[C@@H]2C1. The van der Waals surface area contributed by atoms with Gasteiger partial charge in [-0.25, -0.2) is 0 Å². The molecule has 2 aromatic carbocycles. The van der Waals surface area contributed by atoms with Crippen molar-refractivity contribution in [1.82, 2.24) is 0 Å². The number of aliphatic hydroxyl groups is 2. The average molecular weight is 552 g/mol. The highest BCUT2D eigenvalue weighted by molar-refractivity contribution is 6.32. The van der Waals surface area contributed by atoms with E-state index in [1.54, 1.807) is 36.4 Å². The maximum absolute atomic E-state index is 13.6. The fraction of sp³-hybridized carbons (Fsp3) is 0.438. The van der Waals surface area contributed by atoms with Gasteiger partial charge in [-0.1, -0.05) is 73.7 Å². The van der Waals surface area contributed by atoms with Crippen LogP contribution in [0.5, 0.6) is 5.75 Å². The number of para-hydroxylation sites is 1. The van der Waals surface area contributed by atoms with E-state index in [1.807, 2.05) is 12.1 Å². The monoisotopic (exact) mass is 551 g/mol. The summed E-state index contributed by atoms with van der Waals surface area (Å²) in [4.78, 5) is 28.3. The van der Waals surface area contributed by atoms with Crippen molar-refractivity contribution in [2.45, 2.75) is 64.9 Å². The van der Waals surface area contributed by atoms with Gasteiger partial charge < -0.3 is 15.3 Å². The van der Waals surface area contributed by atoms with E-state index in [1.165, 1.54) is 11.0 Å². The Hall–Kier alpha value is -2.93. The molecule has 7 heteroatoms. The topological polar surface area (TPSA) is 98.1 Å². The molecule has 0 spiro atoms. The molecule has 1 aliphatic heterocycles. The van der Waals surface area contributed by atoms with E-state index < -0.39 is 23.9 Å². The van der Waals surface area contributed by atoms with Crippen molar-refractivity contribution in [3.63, 3.8) is 0 Å². The first-order valence-corrected chi connectivity index (χ1v) is 14.3. The average Bonchev–Trinajstić information content (AvgIpc) is 3.17. The highest BCUT2D eigenvalue weighted by atomic mass is 35.5. The summed E-state index contributed by atoms with van der Waals surface area (Å²) in [6.07, 6.45) is 5.95. The van der Waals surface area contributed by atoms with Gasteiger partial charge in [0.2, 0.25) is 11.8 Å². The maximum Gasteiger partial charge on any atom is 0.238 e. The van der Waals surface area contributed by atoms with E-state index in [2.05, 4.69) is 13.8 Å². The predicted octanol–water partition coefficient (Wildman–Crippen LogP) is 6.28. The summed E-state index contributed by atoms with van der Waals surface area (Å²) in [7, 11) is 0. The maximum atomic E-state index is 13.6. The Morgan fingerprint density at radius 3 is 2.46 bits per heavy atom. The molecule has 6 nitrogen and oxygen atoms in total. The van der Waals surface area contributed by atoms with Crippen molar-refractivity contribution in [2.24, 2.45) is 17.8 Å². The van der Waals surface area contributed by atoms with E-state index >= 15 is 0 Å². The second-order valence-corrected chi connectivity index (χ2v) is 11.0. The third kappa shape index (κ3) is 6.13. The molecule has 4 atom stereocenters. The molecule has 1 heterocycles. The Morgan fingerprint density at radius 2 is 1.82 bits per heavy atom. The lowest BCUT2D eigenvalue weighted by Crippen LogP contribution is -2.39. The molecule has 2 amide bonds. The number of carbonyl (C=O) groups excluding carboxylic acids is 2. The molecule has 2 aliphatic rings. The number of nitrogens with zero attached hydrogens (tertiary/aromatic N) is 1. The molecule has 0 unspecified atom stereocenters. The van der Waals surface area contributed by atoms with E-state index in [-0.39, 0.29) is 24.2 Å². The Kier molecular flexibility index (Phi) is 9.65. The number of phenols is 1. The summed E-state index contributed by atoms with van der Waals surface area (Å²) in [6, 6.07) is 13.8. The second-order valence-electron chi connectivity index (χ2n) is 10.6. The van der Waals surface area contributed by atoms with Gasteiger partial charge in [-0.05, 0) is 73.6 Å². The first-order valence-electron chi connectivity index (χ1n) is 13.9. The largest absolute Gasteiger partial charge is 0.508 e. The Labute approximate surface area is 235 Å². The fourth-order valence-corrected chi connectivity index (χ4v) is 6.48. The first kappa shape index (κ1) is 29.1. The van der Waals surface area contributed by atoms with Crippen LogP contribution in [0.25, 0.3) is 6.08 Å². The molecule has 0 saturated carbocycles. The second kappa shape index (κ2) is 12.9. The molecule has 1 aliphatic carbocycles. The number of hydrogen-bond acceptors (Lipinski definition) is 5. The normalized spacial score (nSPS) is 22.4. The van der Waals surface area contributed by atoms with E-state index in [9.17, 15) is 24.9 Å². The molecule has 2 aromatic rings. The van der Waals surface area contributed by atoms with Crippen molar-refractivity contribution in [3.8, 4) is 5.75 Å². The number of anilines is 1. The molecule has 3 N–H and O–H groups in total. The van der Waals surface area contributed by atoms with Gasteiger partial charge in [-0.2, -0.15) is 0 Å². The molecule has 0 radical (unpaired) electrons. The smallest absolute Gasteiger partial charge is 0.238 e. The van der Waals surface area contributed by atoms with E-state index in [0.717, 1.165) is 41.5 Å². The van der Waals surface area contributed by atoms with Crippen LogP contribution in [0, 0.1) is 17.8 Å². The number of aromatic hydroxyl groups is 1. The van der Waals surface area contributed by atoms with Crippen LogP contribution in [0.2, 0.25) is 5.02 Å². The Balaban J connectivity index is 1.60. The van der Waals surface area contributed by atoms with Crippen molar-refractivity contribution in [2.75, 3.05) is 11.5 Å².